The van der Waals surface area contributed by atoms with Crippen LogP contribution in [-0.2, 0) is 0 Å². The molecule has 0 aliphatic carbocycles. The molecule has 0 spiro atoms. The van der Waals surface area contributed by atoms with Crippen molar-refractivity contribution in [2.75, 3.05) is 42.9 Å². The summed E-state index contributed by atoms with van der Waals surface area (Å²) in [5.74, 6) is -0.637. The molecular weight excluding hydrogens is 381 g/mol. The zero-order chi connectivity index (χ0) is 21.1. The molecule has 4 rings (SSSR count). The Labute approximate surface area is 175 Å². The van der Waals surface area contributed by atoms with Gasteiger partial charge in [-0.3, -0.25) is 4.79 Å². The molecule has 0 saturated carbocycles. The molecule has 156 valence electrons. The van der Waals surface area contributed by atoms with E-state index in [2.05, 4.69) is 27.1 Å². The Hall–Kier alpha value is -3.19. The van der Waals surface area contributed by atoms with Crippen LogP contribution in [0.5, 0.6) is 0 Å². The maximum atomic E-state index is 14.2. The number of nitrogens with one attached hydrogen (secondary N) is 1. The van der Waals surface area contributed by atoms with Crippen molar-refractivity contribution in [3.63, 3.8) is 0 Å². The molecule has 7 heteroatoms. The number of hydrogen-bond acceptors (Lipinski definition) is 4. The fourth-order valence-corrected chi connectivity index (χ4v) is 3.85. The number of piperazine rings is 1. The largest absolute Gasteiger partial charge is 0.367 e. The van der Waals surface area contributed by atoms with Gasteiger partial charge in [-0.25, -0.2) is 9.07 Å². The first-order valence-corrected chi connectivity index (χ1v) is 10.3. The second-order valence-corrected chi connectivity index (χ2v) is 7.40. The van der Waals surface area contributed by atoms with E-state index in [0.29, 0.717) is 16.9 Å². The summed E-state index contributed by atoms with van der Waals surface area (Å²) < 4.78 is 15.6. The lowest BCUT2D eigenvalue weighted by molar-refractivity contribution is 0.102. The van der Waals surface area contributed by atoms with Crippen molar-refractivity contribution >= 4 is 17.3 Å². The number of anilines is 2. The topological polar surface area (TPSA) is 53.4 Å². The molecule has 30 heavy (non-hydrogen) atoms. The second-order valence-electron chi connectivity index (χ2n) is 7.40. The third-order valence-electron chi connectivity index (χ3n) is 5.65. The lowest BCUT2D eigenvalue weighted by atomic mass is 10.2. The van der Waals surface area contributed by atoms with Crippen molar-refractivity contribution in [3.05, 3.63) is 71.8 Å². The Balaban J connectivity index is 1.55. The highest BCUT2D eigenvalue weighted by Gasteiger charge is 2.21. The van der Waals surface area contributed by atoms with E-state index in [0.717, 1.165) is 44.1 Å². The smallest absolute Gasteiger partial charge is 0.259 e. The van der Waals surface area contributed by atoms with Crippen molar-refractivity contribution < 1.29 is 9.18 Å². The molecule has 1 aliphatic rings. The number of hydrogen-bond donors (Lipinski definition) is 1. The third kappa shape index (κ3) is 3.93. The van der Waals surface area contributed by atoms with E-state index < -0.39 is 0 Å². The highest BCUT2D eigenvalue weighted by atomic mass is 19.1. The van der Waals surface area contributed by atoms with Gasteiger partial charge in [0.05, 0.1) is 28.8 Å². The van der Waals surface area contributed by atoms with Crippen LogP contribution in [0.3, 0.4) is 0 Å². The quantitative estimate of drug-likeness (QED) is 0.701. The normalized spacial score (nSPS) is 14.7. The van der Waals surface area contributed by atoms with Gasteiger partial charge in [0.15, 0.2) is 0 Å². The van der Waals surface area contributed by atoms with Crippen molar-refractivity contribution in [2.45, 2.75) is 13.8 Å². The van der Waals surface area contributed by atoms with Crippen LogP contribution < -0.4 is 10.2 Å². The summed E-state index contributed by atoms with van der Waals surface area (Å²) in [5.41, 5.74) is 3.12. The molecule has 1 aliphatic heterocycles. The van der Waals surface area contributed by atoms with Crippen LogP contribution in [0.25, 0.3) is 5.69 Å². The summed E-state index contributed by atoms with van der Waals surface area (Å²) in [6, 6.07) is 14.2. The zero-order valence-electron chi connectivity index (χ0n) is 17.3. The first-order chi connectivity index (χ1) is 14.6. The summed E-state index contributed by atoms with van der Waals surface area (Å²) >= 11 is 0. The first kappa shape index (κ1) is 20.1. The molecule has 1 N–H and O–H groups in total. The number of rotatable bonds is 5. The molecule has 1 aromatic heterocycles. The number of nitrogens with zero attached hydrogens (tertiary/aromatic N) is 4. The van der Waals surface area contributed by atoms with Crippen molar-refractivity contribution in [2.24, 2.45) is 0 Å². The SMILES string of the molecule is CCN1CCN(c2ccccc2NC(=O)c2cnn(-c3ccccc3F)c2C)CC1. The van der Waals surface area contributed by atoms with Crippen LogP contribution >= 0.6 is 0 Å². The molecule has 0 atom stereocenters. The average molecular weight is 407 g/mol. The van der Waals surface area contributed by atoms with Crippen LogP contribution in [-0.4, -0.2) is 53.3 Å². The number of amides is 1. The molecular formula is C23H26FN5O. The molecule has 1 fully saturated rings. The molecule has 2 heterocycles. The standard InChI is InChI=1S/C23H26FN5O/c1-3-27-12-14-28(15-13-27)22-11-7-5-9-20(22)26-23(30)18-16-25-29(17(18)2)21-10-6-4-8-19(21)24/h4-11,16H,3,12-15H2,1-2H3,(H,26,30). The van der Waals surface area contributed by atoms with Crippen molar-refractivity contribution in [3.8, 4) is 5.69 Å². The Morgan fingerprint density at radius 1 is 1.03 bits per heavy atom. The molecule has 0 radical (unpaired) electrons. The summed E-state index contributed by atoms with van der Waals surface area (Å²) in [6.07, 6.45) is 1.49. The molecule has 2 aromatic carbocycles. The third-order valence-corrected chi connectivity index (χ3v) is 5.65. The molecule has 0 bridgehead atoms. The molecule has 0 unspecified atom stereocenters. The molecule has 1 saturated heterocycles. The lowest BCUT2D eigenvalue weighted by Gasteiger charge is -2.36. The van der Waals surface area contributed by atoms with E-state index >= 15 is 0 Å². The number of carbonyl (C=O) groups is 1. The number of aromatic nitrogens is 2. The number of benzene rings is 2. The first-order valence-electron chi connectivity index (χ1n) is 10.3. The van der Waals surface area contributed by atoms with Crippen LogP contribution in [0.15, 0.2) is 54.7 Å². The summed E-state index contributed by atoms with van der Waals surface area (Å²) in [6.45, 7) is 8.85. The second kappa shape index (κ2) is 8.67. The maximum absolute atomic E-state index is 14.2. The summed E-state index contributed by atoms with van der Waals surface area (Å²) in [4.78, 5) is 17.7. The van der Waals surface area contributed by atoms with Crippen LogP contribution in [0.2, 0.25) is 0 Å². The minimum absolute atomic E-state index is 0.255. The van der Waals surface area contributed by atoms with Gasteiger partial charge >= 0.3 is 0 Å². The van der Waals surface area contributed by atoms with Gasteiger partial charge in [-0.15, -0.1) is 0 Å². The van der Waals surface area contributed by atoms with E-state index in [1.165, 1.54) is 16.9 Å². The highest BCUT2D eigenvalue weighted by molar-refractivity contribution is 6.06. The van der Waals surface area contributed by atoms with Gasteiger partial charge in [0.2, 0.25) is 0 Å². The van der Waals surface area contributed by atoms with Crippen molar-refractivity contribution in [1.82, 2.24) is 14.7 Å². The number of para-hydroxylation sites is 3. The Bertz CT molecular complexity index is 1040. The Morgan fingerprint density at radius 3 is 2.40 bits per heavy atom. The highest BCUT2D eigenvalue weighted by Crippen LogP contribution is 2.27. The number of likely N-dealkylation sites (N-methyl/N-ethyl adjacent to an activating group) is 1. The molecule has 3 aromatic rings. The predicted octanol–water partition coefficient (Wildman–Crippen LogP) is 3.71. The van der Waals surface area contributed by atoms with E-state index in [1.807, 2.05) is 24.3 Å². The number of carbonyl (C=O) groups excluding carboxylic acids is 1. The Morgan fingerprint density at radius 2 is 1.70 bits per heavy atom. The lowest BCUT2D eigenvalue weighted by Crippen LogP contribution is -2.46. The van der Waals surface area contributed by atoms with Gasteiger partial charge in [0.25, 0.3) is 5.91 Å². The van der Waals surface area contributed by atoms with Crippen LogP contribution in [0, 0.1) is 12.7 Å². The average Bonchev–Trinajstić information content (AvgIpc) is 3.16. The monoisotopic (exact) mass is 407 g/mol. The zero-order valence-corrected chi connectivity index (χ0v) is 17.3. The van der Waals surface area contributed by atoms with Gasteiger partial charge in [0.1, 0.15) is 11.5 Å². The predicted molar refractivity (Wildman–Crippen MR) is 117 cm³/mol. The van der Waals surface area contributed by atoms with E-state index in [9.17, 15) is 9.18 Å². The van der Waals surface area contributed by atoms with Gasteiger partial charge < -0.3 is 15.1 Å². The minimum atomic E-state index is -0.382. The summed E-state index contributed by atoms with van der Waals surface area (Å²) in [5, 5.41) is 7.27. The van der Waals surface area contributed by atoms with Crippen LogP contribution in [0.1, 0.15) is 23.0 Å². The maximum Gasteiger partial charge on any atom is 0.259 e. The number of halogens is 1. The van der Waals surface area contributed by atoms with E-state index in [-0.39, 0.29) is 11.7 Å². The van der Waals surface area contributed by atoms with E-state index in [1.54, 1.807) is 25.1 Å². The molecule has 1 amide bonds. The van der Waals surface area contributed by atoms with Gasteiger partial charge in [0, 0.05) is 26.2 Å². The fraction of sp³-hybridized carbons (Fsp3) is 0.304. The minimum Gasteiger partial charge on any atom is -0.367 e. The summed E-state index contributed by atoms with van der Waals surface area (Å²) in [7, 11) is 0. The van der Waals surface area contributed by atoms with Gasteiger partial charge in [-0.1, -0.05) is 31.2 Å². The van der Waals surface area contributed by atoms with Gasteiger partial charge in [-0.05, 0) is 37.7 Å². The van der Waals surface area contributed by atoms with Gasteiger partial charge in [-0.2, -0.15) is 5.10 Å². The molecule has 6 nitrogen and oxygen atoms in total. The van der Waals surface area contributed by atoms with E-state index in [4.69, 9.17) is 0 Å². The van der Waals surface area contributed by atoms with Crippen molar-refractivity contribution in [1.29, 1.82) is 0 Å². The fourth-order valence-electron chi connectivity index (χ4n) is 3.85. The van der Waals surface area contributed by atoms with Crippen LogP contribution in [0.4, 0.5) is 15.8 Å². The Kier molecular flexibility index (Phi) is 5.81.